The maximum Gasteiger partial charge on any atom is 0.316 e. The largest absolute Gasteiger partial charge is 0.485 e. The summed E-state index contributed by atoms with van der Waals surface area (Å²) in [5, 5.41) is 10.9. The molecule has 2 heterocycles. The van der Waals surface area contributed by atoms with Crippen LogP contribution >= 0.6 is 0 Å². The molecule has 0 saturated carbocycles. The van der Waals surface area contributed by atoms with Gasteiger partial charge in [0.15, 0.2) is 0 Å². The number of nitrogens with zero attached hydrogens (tertiary/aromatic N) is 2. The van der Waals surface area contributed by atoms with E-state index in [1.165, 1.54) is 18.2 Å². The van der Waals surface area contributed by atoms with E-state index in [-0.39, 0.29) is 17.3 Å². The first kappa shape index (κ1) is 19.2. The van der Waals surface area contributed by atoms with E-state index >= 15 is 0 Å². The molecule has 1 aromatic carbocycles. The number of rotatable bonds is 3. The Balaban J connectivity index is 2.07. The molecule has 0 spiro atoms. The quantitative estimate of drug-likeness (QED) is 0.847. The summed E-state index contributed by atoms with van der Waals surface area (Å²) in [5.41, 5.74) is -0.564. The number of carbonyl (C=O) groups is 1. The molecule has 0 bridgehead atoms. The number of halogens is 2. The van der Waals surface area contributed by atoms with Gasteiger partial charge in [0.2, 0.25) is 5.91 Å². The number of ether oxygens (including phenoxy) is 1. The van der Waals surface area contributed by atoms with Crippen LogP contribution in [0, 0.1) is 0 Å². The molecule has 1 N–H and O–H groups in total. The van der Waals surface area contributed by atoms with Gasteiger partial charge in [0.25, 0.3) is 0 Å². The van der Waals surface area contributed by atoms with E-state index in [1.54, 1.807) is 18.7 Å². The number of benzene rings is 1. The zero-order valence-corrected chi connectivity index (χ0v) is 15.6. The zero-order valence-electron chi connectivity index (χ0n) is 14.8. The molecule has 6 nitrogen and oxygen atoms in total. The fraction of sp³-hybridized carbons (Fsp3) is 0.588. The highest BCUT2D eigenvalue weighted by Gasteiger charge is 2.47. The number of likely N-dealkylation sites (N-methyl/N-ethyl adjacent to an activating group) is 1. The van der Waals surface area contributed by atoms with Crippen LogP contribution in [0.5, 0.6) is 5.75 Å². The Bertz CT molecular complexity index is 743. The molecule has 0 aromatic heterocycles. The third kappa shape index (κ3) is 3.35. The highest BCUT2D eigenvalue weighted by Crippen LogP contribution is 2.44. The minimum absolute atomic E-state index is 0.0548. The van der Waals surface area contributed by atoms with E-state index in [0.29, 0.717) is 24.4 Å². The average Bonchev–Trinajstić information content (AvgIpc) is 2.56. The molecular weight excluding hydrogens is 366 g/mol. The number of hydrogen-bond acceptors (Lipinski definition) is 5. The van der Waals surface area contributed by atoms with Gasteiger partial charge >= 0.3 is 5.76 Å². The van der Waals surface area contributed by atoms with Crippen molar-refractivity contribution in [1.82, 2.24) is 9.80 Å². The minimum atomic E-state index is -3.01. The summed E-state index contributed by atoms with van der Waals surface area (Å²) >= 11 is 0. The second-order valence-corrected chi connectivity index (χ2v) is 8.60. The molecule has 2 aliphatic heterocycles. The van der Waals surface area contributed by atoms with Crippen molar-refractivity contribution < 1.29 is 27.6 Å². The van der Waals surface area contributed by atoms with E-state index in [4.69, 9.17) is 4.74 Å². The van der Waals surface area contributed by atoms with Crippen LogP contribution in [0.4, 0.5) is 8.78 Å². The van der Waals surface area contributed by atoms with Crippen molar-refractivity contribution in [3.8, 4) is 5.75 Å². The number of carbonyl (C=O) groups excluding carboxylic acids is 1. The van der Waals surface area contributed by atoms with Crippen LogP contribution in [-0.2, 0) is 15.6 Å². The summed E-state index contributed by atoms with van der Waals surface area (Å²) in [7, 11) is -0.649. The van der Waals surface area contributed by atoms with Crippen LogP contribution in [0.2, 0.25) is 0 Å². The fourth-order valence-corrected chi connectivity index (χ4v) is 4.06. The standard InChI is InChI=1S/C17H22F2N2O4S/c1-17(2)15(23)14(21-7-6-20(3)9-13(21)22)11-8-10(26(24)16(18)19)4-5-12(11)25-17/h4-5,8,14-16,23H,6-7,9H2,1-3H3/t14-,15+,26?/m0/s1. The topological polar surface area (TPSA) is 70.1 Å². The number of fused-ring (bicyclic) bond motifs is 1. The third-order valence-electron chi connectivity index (χ3n) is 4.86. The third-order valence-corrected chi connectivity index (χ3v) is 5.90. The molecule has 0 radical (unpaired) electrons. The maximum atomic E-state index is 12.9. The van der Waals surface area contributed by atoms with Crippen molar-refractivity contribution in [2.24, 2.45) is 0 Å². The van der Waals surface area contributed by atoms with E-state index in [1.807, 2.05) is 11.9 Å². The van der Waals surface area contributed by atoms with E-state index in [0.717, 1.165) is 0 Å². The van der Waals surface area contributed by atoms with Gasteiger partial charge in [0.05, 0.1) is 12.6 Å². The monoisotopic (exact) mass is 388 g/mol. The van der Waals surface area contributed by atoms with E-state index in [2.05, 4.69) is 0 Å². The molecule has 1 fully saturated rings. The summed E-state index contributed by atoms with van der Waals surface area (Å²) in [6.45, 7) is 4.66. The van der Waals surface area contributed by atoms with Crippen LogP contribution < -0.4 is 4.74 Å². The zero-order chi connectivity index (χ0) is 19.2. The van der Waals surface area contributed by atoms with Crippen molar-refractivity contribution in [2.75, 3.05) is 26.7 Å². The number of amides is 1. The normalized spacial score (nSPS) is 27.2. The molecule has 1 aromatic rings. The van der Waals surface area contributed by atoms with Gasteiger partial charge in [-0.05, 0) is 39.1 Å². The summed E-state index contributed by atoms with van der Waals surface area (Å²) in [6, 6.07) is 3.42. The van der Waals surface area contributed by atoms with Gasteiger partial charge in [-0.15, -0.1) is 0 Å². The Labute approximate surface area is 153 Å². The highest BCUT2D eigenvalue weighted by molar-refractivity contribution is 7.85. The lowest BCUT2D eigenvalue weighted by molar-refractivity contribution is -0.149. The molecule has 1 unspecified atom stereocenters. The van der Waals surface area contributed by atoms with Gasteiger partial charge in [-0.25, -0.2) is 4.21 Å². The molecule has 9 heteroatoms. The molecule has 1 saturated heterocycles. The Morgan fingerprint density at radius 3 is 2.65 bits per heavy atom. The molecule has 144 valence electrons. The number of aliphatic hydroxyl groups excluding tert-OH is 1. The second-order valence-electron chi connectivity index (χ2n) is 7.18. The Morgan fingerprint density at radius 2 is 2.04 bits per heavy atom. The summed E-state index contributed by atoms with van der Waals surface area (Å²) < 4.78 is 43.3. The van der Waals surface area contributed by atoms with Crippen molar-refractivity contribution in [3.05, 3.63) is 23.8 Å². The molecule has 3 atom stereocenters. The van der Waals surface area contributed by atoms with Gasteiger partial charge in [-0.2, -0.15) is 8.78 Å². The van der Waals surface area contributed by atoms with Crippen molar-refractivity contribution >= 4 is 16.7 Å². The summed E-state index contributed by atoms with van der Waals surface area (Å²) in [5.74, 6) is -2.78. The van der Waals surface area contributed by atoms with Crippen molar-refractivity contribution in [2.45, 2.75) is 42.2 Å². The van der Waals surface area contributed by atoms with Gasteiger partial charge in [0.1, 0.15) is 28.3 Å². The lowest BCUT2D eigenvalue weighted by Crippen LogP contribution is -2.58. The number of aliphatic hydroxyl groups is 1. The van der Waals surface area contributed by atoms with Gasteiger partial charge in [-0.1, -0.05) is 0 Å². The van der Waals surface area contributed by atoms with E-state index < -0.39 is 34.3 Å². The first-order valence-corrected chi connectivity index (χ1v) is 9.51. The van der Waals surface area contributed by atoms with Crippen molar-refractivity contribution in [1.29, 1.82) is 0 Å². The summed E-state index contributed by atoms with van der Waals surface area (Å²) in [6.07, 6.45) is -1.06. The number of piperazine rings is 1. The second kappa shape index (κ2) is 6.86. The van der Waals surface area contributed by atoms with Crippen molar-refractivity contribution in [3.63, 3.8) is 0 Å². The Hall–Kier alpha value is -1.58. The average molecular weight is 388 g/mol. The van der Waals surface area contributed by atoms with Crippen LogP contribution in [0.25, 0.3) is 0 Å². The number of alkyl halides is 2. The van der Waals surface area contributed by atoms with Crippen LogP contribution in [0.1, 0.15) is 25.5 Å². The van der Waals surface area contributed by atoms with Crippen LogP contribution in [0.15, 0.2) is 23.1 Å². The fourth-order valence-electron chi connectivity index (χ4n) is 3.41. The molecular formula is C17H22F2N2O4S. The lowest BCUT2D eigenvalue weighted by Gasteiger charge is -2.48. The van der Waals surface area contributed by atoms with E-state index in [9.17, 15) is 22.9 Å². The van der Waals surface area contributed by atoms with Crippen LogP contribution in [0.3, 0.4) is 0 Å². The minimum Gasteiger partial charge on any atom is -0.485 e. The van der Waals surface area contributed by atoms with Gasteiger partial charge in [0, 0.05) is 23.5 Å². The molecule has 3 rings (SSSR count). The van der Waals surface area contributed by atoms with Gasteiger partial charge < -0.3 is 14.7 Å². The maximum absolute atomic E-state index is 12.9. The predicted octanol–water partition coefficient (Wildman–Crippen LogP) is 1.36. The lowest BCUT2D eigenvalue weighted by atomic mass is 9.85. The first-order chi connectivity index (χ1) is 12.1. The smallest absolute Gasteiger partial charge is 0.316 e. The summed E-state index contributed by atoms with van der Waals surface area (Å²) in [4.78, 5) is 15.9. The molecule has 26 heavy (non-hydrogen) atoms. The highest BCUT2D eigenvalue weighted by atomic mass is 32.2. The molecule has 2 aliphatic rings. The number of hydrogen-bond donors (Lipinski definition) is 1. The van der Waals surface area contributed by atoms with Gasteiger partial charge in [-0.3, -0.25) is 9.69 Å². The molecule has 1 amide bonds. The first-order valence-electron chi connectivity index (χ1n) is 8.29. The Kier molecular flexibility index (Phi) is 5.06. The molecule has 0 aliphatic carbocycles. The predicted molar refractivity (Wildman–Crippen MR) is 91.5 cm³/mol. The SMILES string of the molecule is CN1CCN([C@H]2c3cc(S(=O)C(F)F)ccc3OC(C)(C)[C@@H]2O)C(=O)C1. The Morgan fingerprint density at radius 1 is 1.35 bits per heavy atom. The van der Waals surface area contributed by atoms with Crippen LogP contribution in [-0.4, -0.2) is 69.2 Å².